The van der Waals surface area contributed by atoms with Crippen LogP contribution in [-0.2, 0) is 98.4 Å². The molecule has 0 spiro atoms. The summed E-state index contributed by atoms with van der Waals surface area (Å²) in [5, 5.41) is 47.0. The lowest BCUT2D eigenvalue weighted by Gasteiger charge is -2.50. The van der Waals surface area contributed by atoms with Crippen LogP contribution in [0.4, 0.5) is 0 Å². The van der Waals surface area contributed by atoms with Crippen LogP contribution in [0.15, 0.2) is 217 Å². The van der Waals surface area contributed by atoms with Gasteiger partial charge in [-0.05, 0) is 38.9 Å². The molecule has 11 rings (SSSR count). The summed E-state index contributed by atoms with van der Waals surface area (Å²) in [6.07, 6.45) is -14.4. The van der Waals surface area contributed by atoms with E-state index in [0.717, 1.165) is 38.9 Å². The Morgan fingerprint density at radius 3 is 1.19 bits per heavy atom. The molecule has 3 fully saturated rings. The quantitative estimate of drug-likeness (QED) is 0.0341. The van der Waals surface area contributed by atoms with Crippen molar-refractivity contribution < 1.29 is 72.5 Å². The zero-order valence-corrected chi connectivity index (χ0v) is 47.1. The number of nitrogens with zero attached hydrogens (tertiary/aromatic N) is 1. The molecule has 0 unspecified atom stereocenters. The average Bonchev–Trinajstić information content (AvgIpc) is 1.98. The number of aliphatic hydroxyl groups excluding tert-OH is 3. The SMILES string of the molecule is OC[C@]1(O)[C@@H]2N=C(N[C@H]3O[C@H](COCc4ccccc4)[C@@H](O[C@H]4O[C@H](COCc5ccccc5)[C@@H](OCc5ccccc5)[C@H](OCc5ccccc5)[C@H]4OCc4ccccc4)[C@H](OCc4ccccc4)[C@H]3OCc3ccccc3)O[C@@H]2[C@@H](O)[C@@H]1O. The van der Waals surface area contributed by atoms with Gasteiger partial charge in [0.1, 0.15) is 72.7 Å². The first-order valence-corrected chi connectivity index (χ1v) is 29.0. The van der Waals surface area contributed by atoms with Gasteiger partial charge in [-0.2, -0.15) is 0 Å². The van der Waals surface area contributed by atoms with Gasteiger partial charge in [-0.25, -0.2) is 4.99 Å². The number of amidine groups is 1. The number of hydrogen-bond acceptors (Lipinski definition) is 17. The molecule has 1 aliphatic carbocycles. The fraction of sp³-hybridized carbons (Fsp3) is 0.368. The Hall–Kier alpha value is -6.75. The Morgan fingerprint density at radius 2 is 0.776 bits per heavy atom. The first-order valence-electron chi connectivity index (χ1n) is 29.0. The molecule has 0 aromatic heterocycles. The minimum absolute atomic E-state index is 0.0509. The highest BCUT2D eigenvalue weighted by Gasteiger charge is 2.64. The number of aliphatic hydroxyl groups is 4. The molecule has 0 bridgehead atoms. The monoisotopic (exact) mass is 1160 g/mol. The molecule has 17 heteroatoms. The molecule has 7 aromatic carbocycles. The van der Waals surface area contributed by atoms with E-state index in [1.54, 1.807) is 0 Å². The van der Waals surface area contributed by atoms with Crippen LogP contribution in [0.25, 0.3) is 0 Å². The first-order chi connectivity index (χ1) is 41.8. The summed E-state index contributed by atoms with van der Waals surface area (Å²) in [5.74, 6) is 0. The van der Waals surface area contributed by atoms with Gasteiger partial charge >= 0.3 is 0 Å². The summed E-state index contributed by atoms with van der Waals surface area (Å²) in [5.41, 5.74) is 4.20. The zero-order valence-electron chi connectivity index (χ0n) is 47.1. The summed E-state index contributed by atoms with van der Waals surface area (Å²) in [7, 11) is 0. The normalized spacial score (nSPS) is 29.0. The maximum Gasteiger partial charge on any atom is 0.287 e. The number of benzene rings is 7. The molecule has 15 atom stereocenters. The van der Waals surface area contributed by atoms with Crippen LogP contribution in [0.1, 0.15) is 38.9 Å². The Kier molecular flexibility index (Phi) is 20.9. The summed E-state index contributed by atoms with van der Waals surface area (Å²) in [6.45, 7) is 0.395. The number of aliphatic imine (C=N–C) groups is 1. The summed E-state index contributed by atoms with van der Waals surface area (Å²) in [6, 6.07) is 67.5. The molecular weight excluding hydrogens is 1080 g/mol. The van der Waals surface area contributed by atoms with Crippen LogP contribution in [0.5, 0.6) is 0 Å². The predicted octanol–water partition coefficient (Wildman–Crippen LogP) is 7.35. The van der Waals surface area contributed by atoms with Crippen molar-refractivity contribution >= 4 is 6.02 Å². The van der Waals surface area contributed by atoms with Crippen molar-refractivity contribution in [3.63, 3.8) is 0 Å². The van der Waals surface area contributed by atoms with Crippen molar-refractivity contribution in [2.24, 2.45) is 4.99 Å². The lowest BCUT2D eigenvalue weighted by Crippen LogP contribution is -2.68. The topological polar surface area (TPSA) is 207 Å². The molecule has 17 nitrogen and oxygen atoms in total. The van der Waals surface area contributed by atoms with Gasteiger partial charge in [0.25, 0.3) is 6.02 Å². The molecule has 85 heavy (non-hydrogen) atoms. The van der Waals surface area contributed by atoms with Gasteiger partial charge in [0.2, 0.25) is 0 Å². The molecule has 2 saturated heterocycles. The molecule has 3 heterocycles. The van der Waals surface area contributed by atoms with Gasteiger partial charge in [0.05, 0.1) is 66.1 Å². The third-order valence-corrected chi connectivity index (χ3v) is 15.7. The molecule has 3 aliphatic heterocycles. The summed E-state index contributed by atoms with van der Waals surface area (Å²) >= 11 is 0. The van der Waals surface area contributed by atoms with Crippen LogP contribution < -0.4 is 5.32 Å². The maximum absolute atomic E-state index is 11.5. The Bertz CT molecular complexity index is 3090. The highest BCUT2D eigenvalue weighted by Crippen LogP contribution is 2.40. The van der Waals surface area contributed by atoms with Crippen LogP contribution in [0, 0.1) is 0 Å². The van der Waals surface area contributed by atoms with E-state index in [1.165, 1.54) is 0 Å². The predicted molar refractivity (Wildman–Crippen MR) is 313 cm³/mol. The molecule has 0 amide bonds. The van der Waals surface area contributed by atoms with E-state index in [0.29, 0.717) is 0 Å². The maximum atomic E-state index is 11.5. The second-order valence-electron chi connectivity index (χ2n) is 21.7. The third-order valence-electron chi connectivity index (χ3n) is 15.7. The van der Waals surface area contributed by atoms with Crippen LogP contribution in [-0.4, -0.2) is 138 Å². The van der Waals surface area contributed by atoms with E-state index in [4.69, 9.17) is 52.1 Å². The van der Waals surface area contributed by atoms with Crippen LogP contribution >= 0.6 is 0 Å². The van der Waals surface area contributed by atoms with Gasteiger partial charge in [0.15, 0.2) is 18.6 Å². The van der Waals surface area contributed by atoms with Crippen LogP contribution in [0.3, 0.4) is 0 Å². The fourth-order valence-corrected chi connectivity index (χ4v) is 11.2. The minimum atomic E-state index is -2.20. The molecule has 4 aliphatic rings. The van der Waals surface area contributed by atoms with Crippen molar-refractivity contribution in [2.45, 2.75) is 138 Å². The average molecular weight is 1160 g/mol. The third kappa shape index (κ3) is 15.3. The highest BCUT2D eigenvalue weighted by atomic mass is 16.7. The Balaban J connectivity index is 1.00. The van der Waals surface area contributed by atoms with Gasteiger partial charge in [-0.3, -0.25) is 0 Å². The van der Waals surface area contributed by atoms with Gasteiger partial charge < -0.3 is 77.8 Å². The van der Waals surface area contributed by atoms with E-state index in [1.807, 2.05) is 212 Å². The zero-order chi connectivity index (χ0) is 58.2. The van der Waals surface area contributed by atoms with E-state index < -0.39 is 97.9 Å². The van der Waals surface area contributed by atoms with E-state index in [-0.39, 0.29) is 65.5 Å². The Labute approximate surface area is 495 Å². The standard InChI is InChI=1S/C68H74N2O15/c71-45-68(74)63-58(55(72)64(68)73)85-67(69-63)70-65-61(80-41-51-32-18-6-19-33-51)60(79-40-50-30-16-5-17-31-50)57(54(82-65)44-76-37-47-24-10-2-11-25-47)84-66-62(81-42-52-34-20-7-21-35-52)59(78-39-49-28-14-4-15-29-49)56(77-38-48-26-12-3-13-27-48)53(83-66)43-75-36-46-22-8-1-9-23-46/h1-35,53-66,71-74H,36-45H2,(H,69,70)/t53-,54-,55-,56-,57-,58-,59+,60+,61-,62-,63-,64+,65+,66-,68+/m1/s1. The molecule has 7 aromatic rings. The fourth-order valence-electron chi connectivity index (χ4n) is 11.2. The van der Waals surface area contributed by atoms with Crippen molar-refractivity contribution in [1.82, 2.24) is 5.32 Å². The van der Waals surface area contributed by atoms with Crippen molar-refractivity contribution in [3.05, 3.63) is 251 Å². The van der Waals surface area contributed by atoms with E-state index in [9.17, 15) is 20.4 Å². The molecule has 1 saturated carbocycles. The molecule has 5 N–H and O–H groups in total. The number of ether oxygens (including phenoxy) is 11. The smallest absolute Gasteiger partial charge is 0.287 e. The van der Waals surface area contributed by atoms with Gasteiger partial charge in [-0.15, -0.1) is 0 Å². The van der Waals surface area contributed by atoms with Crippen molar-refractivity contribution in [2.75, 3.05) is 19.8 Å². The molecular formula is C68H74N2O15. The van der Waals surface area contributed by atoms with E-state index in [2.05, 4.69) is 10.3 Å². The van der Waals surface area contributed by atoms with E-state index >= 15 is 0 Å². The summed E-state index contributed by atoms with van der Waals surface area (Å²) < 4.78 is 77.0. The number of hydrogen-bond donors (Lipinski definition) is 5. The van der Waals surface area contributed by atoms with Crippen molar-refractivity contribution in [3.8, 4) is 0 Å². The van der Waals surface area contributed by atoms with Crippen LogP contribution in [0.2, 0.25) is 0 Å². The lowest BCUT2D eigenvalue weighted by atomic mass is 9.95. The second kappa shape index (κ2) is 29.6. The number of nitrogens with one attached hydrogen (secondary N) is 1. The van der Waals surface area contributed by atoms with Gasteiger partial charge in [-0.1, -0.05) is 212 Å². The first kappa shape index (κ1) is 60.0. The number of rotatable bonds is 27. The summed E-state index contributed by atoms with van der Waals surface area (Å²) in [4.78, 5) is 4.62. The largest absolute Gasteiger partial charge is 0.457 e. The minimum Gasteiger partial charge on any atom is -0.457 e. The lowest BCUT2D eigenvalue weighted by molar-refractivity contribution is -0.364. The molecule has 446 valence electrons. The second-order valence-corrected chi connectivity index (χ2v) is 21.7. The van der Waals surface area contributed by atoms with Gasteiger partial charge in [0, 0.05) is 0 Å². The Morgan fingerprint density at radius 1 is 0.424 bits per heavy atom. The highest BCUT2D eigenvalue weighted by molar-refractivity contribution is 5.76. The van der Waals surface area contributed by atoms with Crippen molar-refractivity contribution in [1.29, 1.82) is 0 Å². The number of fused-ring (bicyclic) bond motifs is 1. The molecule has 0 radical (unpaired) electrons.